The maximum Gasteiger partial charge on any atom is 0.270 e. The van der Waals surface area contributed by atoms with Gasteiger partial charge < -0.3 is 19.7 Å². The third kappa shape index (κ3) is 3.37. The van der Waals surface area contributed by atoms with E-state index in [1.165, 1.54) is 11.1 Å². The number of hydrogen-bond acceptors (Lipinski definition) is 4. The van der Waals surface area contributed by atoms with Gasteiger partial charge in [0, 0.05) is 37.1 Å². The van der Waals surface area contributed by atoms with E-state index in [9.17, 15) is 9.90 Å². The molecular formula is C21H29N3O3. The average Bonchev–Trinajstić information content (AvgIpc) is 3.10. The number of carbonyl (C=O) groups is 1. The molecule has 0 unspecified atom stereocenters. The van der Waals surface area contributed by atoms with Gasteiger partial charge in [-0.15, -0.1) is 0 Å². The van der Waals surface area contributed by atoms with E-state index >= 15 is 0 Å². The Labute approximate surface area is 160 Å². The van der Waals surface area contributed by atoms with Crippen molar-refractivity contribution >= 4 is 16.8 Å². The number of carbonyl (C=O) groups excluding carboxylic acids is 1. The van der Waals surface area contributed by atoms with Gasteiger partial charge in [-0.2, -0.15) is 0 Å². The molecule has 2 atom stereocenters. The Morgan fingerprint density at radius 2 is 1.96 bits per heavy atom. The second-order valence-electron chi connectivity index (χ2n) is 7.98. The molecule has 27 heavy (non-hydrogen) atoms. The standard InChI is InChI=1S/C21H29N3O3/c1-13-9-14(2)19-16(10-13)15(3)20(22-19)21(26)24-6-4-5-23(7-8-24)17-11-27-12-18(17)25/h9-10,17-18,22,25H,4-8,11-12H2,1-3H3/t17-,18-/m0/s1. The van der Waals surface area contributed by atoms with Crippen molar-refractivity contribution in [2.75, 3.05) is 39.4 Å². The second kappa shape index (κ2) is 7.26. The lowest BCUT2D eigenvalue weighted by Crippen LogP contribution is -2.45. The Hall–Kier alpha value is -1.89. The number of ether oxygens (including phenoxy) is 1. The summed E-state index contributed by atoms with van der Waals surface area (Å²) in [6.07, 6.45) is 0.487. The summed E-state index contributed by atoms with van der Waals surface area (Å²) in [4.78, 5) is 20.8. The highest BCUT2D eigenvalue weighted by Crippen LogP contribution is 2.27. The molecule has 0 saturated carbocycles. The SMILES string of the molecule is Cc1cc(C)c2[nH]c(C(=O)N3CCCN([C@H]4COC[C@@H]4O)CC3)c(C)c2c1. The van der Waals surface area contributed by atoms with Crippen LogP contribution in [0.4, 0.5) is 0 Å². The van der Waals surface area contributed by atoms with Crippen LogP contribution in [-0.4, -0.2) is 77.3 Å². The summed E-state index contributed by atoms with van der Waals surface area (Å²) in [6.45, 7) is 10.3. The molecule has 1 aromatic carbocycles. The van der Waals surface area contributed by atoms with Crippen molar-refractivity contribution in [3.63, 3.8) is 0 Å². The normalized spacial score (nSPS) is 24.5. The molecule has 6 heteroatoms. The van der Waals surface area contributed by atoms with Gasteiger partial charge in [0.1, 0.15) is 5.69 Å². The van der Waals surface area contributed by atoms with Crippen molar-refractivity contribution in [2.45, 2.75) is 39.3 Å². The molecule has 2 aliphatic heterocycles. The fourth-order valence-corrected chi connectivity index (χ4v) is 4.51. The minimum Gasteiger partial charge on any atom is -0.389 e. The molecule has 2 saturated heterocycles. The van der Waals surface area contributed by atoms with Gasteiger partial charge in [-0.05, 0) is 44.4 Å². The Bertz CT molecular complexity index is 860. The molecule has 1 aromatic heterocycles. The van der Waals surface area contributed by atoms with Gasteiger partial charge in [0.15, 0.2) is 0 Å². The fraction of sp³-hybridized carbons (Fsp3) is 0.571. The number of aryl methyl sites for hydroxylation is 3. The second-order valence-corrected chi connectivity index (χ2v) is 7.98. The molecule has 2 N–H and O–H groups in total. The van der Waals surface area contributed by atoms with E-state index in [-0.39, 0.29) is 11.9 Å². The number of aliphatic hydroxyl groups excluding tert-OH is 1. The number of aromatic nitrogens is 1. The Balaban J connectivity index is 1.54. The van der Waals surface area contributed by atoms with Crippen molar-refractivity contribution in [3.8, 4) is 0 Å². The molecular weight excluding hydrogens is 342 g/mol. The number of nitrogens with one attached hydrogen (secondary N) is 1. The monoisotopic (exact) mass is 371 g/mol. The third-order valence-electron chi connectivity index (χ3n) is 6.03. The predicted octanol–water partition coefficient (Wildman–Crippen LogP) is 2.00. The van der Waals surface area contributed by atoms with E-state index in [1.54, 1.807) is 0 Å². The molecule has 0 aliphatic carbocycles. The number of rotatable bonds is 2. The third-order valence-corrected chi connectivity index (χ3v) is 6.03. The first-order valence-electron chi connectivity index (χ1n) is 9.84. The molecule has 0 radical (unpaired) electrons. The van der Waals surface area contributed by atoms with Crippen molar-refractivity contribution < 1.29 is 14.6 Å². The van der Waals surface area contributed by atoms with Crippen molar-refractivity contribution in [1.82, 2.24) is 14.8 Å². The quantitative estimate of drug-likeness (QED) is 0.847. The van der Waals surface area contributed by atoms with Gasteiger partial charge in [-0.1, -0.05) is 11.6 Å². The Kier molecular flexibility index (Phi) is 4.97. The first kappa shape index (κ1) is 18.5. The van der Waals surface area contributed by atoms with Crippen molar-refractivity contribution in [2.24, 2.45) is 0 Å². The Morgan fingerprint density at radius 3 is 2.70 bits per heavy atom. The summed E-state index contributed by atoms with van der Waals surface area (Å²) >= 11 is 0. The predicted molar refractivity (Wildman–Crippen MR) is 105 cm³/mol. The van der Waals surface area contributed by atoms with E-state index in [0.29, 0.717) is 25.5 Å². The molecule has 1 amide bonds. The van der Waals surface area contributed by atoms with Crippen molar-refractivity contribution in [3.05, 3.63) is 34.5 Å². The first-order chi connectivity index (χ1) is 13.0. The average molecular weight is 371 g/mol. The van der Waals surface area contributed by atoms with Crippen LogP contribution in [0.3, 0.4) is 0 Å². The number of fused-ring (bicyclic) bond motifs is 1. The minimum absolute atomic E-state index is 0.0560. The van der Waals surface area contributed by atoms with Crippen LogP contribution in [0.5, 0.6) is 0 Å². The van der Waals surface area contributed by atoms with Gasteiger partial charge in [-0.25, -0.2) is 0 Å². The molecule has 2 fully saturated rings. The van der Waals surface area contributed by atoms with E-state index < -0.39 is 6.10 Å². The summed E-state index contributed by atoms with van der Waals surface area (Å²) in [5, 5.41) is 11.2. The topological polar surface area (TPSA) is 68.8 Å². The highest BCUT2D eigenvalue weighted by molar-refractivity contribution is 6.01. The lowest BCUT2D eigenvalue weighted by atomic mass is 10.1. The number of benzene rings is 1. The molecule has 3 heterocycles. The number of aromatic amines is 1. The number of amides is 1. The largest absolute Gasteiger partial charge is 0.389 e. The van der Waals surface area contributed by atoms with Crippen LogP contribution in [0.1, 0.15) is 33.6 Å². The molecule has 6 nitrogen and oxygen atoms in total. The van der Waals surface area contributed by atoms with E-state index in [1.807, 2.05) is 11.8 Å². The fourth-order valence-electron chi connectivity index (χ4n) is 4.51. The van der Waals surface area contributed by atoms with Crippen LogP contribution in [0.15, 0.2) is 12.1 Å². The first-order valence-corrected chi connectivity index (χ1v) is 9.84. The molecule has 0 bridgehead atoms. The molecule has 0 spiro atoms. The Morgan fingerprint density at radius 1 is 1.15 bits per heavy atom. The summed E-state index contributed by atoms with van der Waals surface area (Å²) in [6, 6.07) is 4.35. The van der Waals surface area contributed by atoms with Crippen molar-refractivity contribution in [1.29, 1.82) is 0 Å². The van der Waals surface area contributed by atoms with Crippen LogP contribution in [0.2, 0.25) is 0 Å². The van der Waals surface area contributed by atoms with Crippen LogP contribution in [0.25, 0.3) is 10.9 Å². The van der Waals surface area contributed by atoms with Gasteiger partial charge in [0.05, 0.1) is 25.4 Å². The van der Waals surface area contributed by atoms with Crippen LogP contribution in [0, 0.1) is 20.8 Å². The molecule has 2 aromatic rings. The smallest absolute Gasteiger partial charge is 0.270 e. The summed E-state index contributed by atoms with van der Waals surface area (Å²) in [5.74, 6) is 0.0748. The maximum atomic E-state index is 13.2. The van der Waals surface area contributed by atoms with Gasteiger partial charge in [-0.3, -0.25) is 9.69 Å². The summed E-state index contributed by atoms with van der Waals surface area (Å²) < 4.78 is 5.40. The lowest BCUT2D eigenvalue weighted by molar-refractivity contribution is 0.0720. The summed E-state index contributed by atoms with van der Waals surface area (Å²) in [7, 11) is 0. The van der Waals surface area contributed by atoms with Gasteiger partial charge in [0.25, 0.3) is 5.91 Å². The number of hydrogen-bond donors (Lipinski definition) is 2. The highest BCUT2D eigenvalue weighted by atomic mass is 16.5. The van der Waals surface area contributed by atoms with Gasteiger partial charge >= 0.3 is 0 Å². The van der Waals surface area contributed by atoms with E-state index in [4.69, 9.17) is 4.74 Å². The zero-order valence-electron chi connectivity index (χ0n) is 16.4. The highest BCUT2D eigenvalue weighted by Gasteiger charge is 2.33. The number of nitrogens with zero attached hydrogens (tertiary/aromatic N) is 2. The lowest BCUT2D eigenvalue weighted by Gasteiger charge is -2.28. The molecule has 4 rings (SSSR count). The van der Waals surface area contributed by atoms with Gasteiger partial charge in [0.2, 0.25) is 0 Å². The van der Waals surface area contributed by atoms with E-state index in [0.717, 1.165) is 42.5 Å². The van der Waals surface area contributed by atoms with Crippen LogP contribution >= 0.6 is 0 Å². The maximum absolute atomic E-state index is 13.2. The molecule has 146 valence electrons. The number of aliphatic hydroxyl groups is 1. The number of H-pyrrole nitrogens is 1. The van der Waals surface area contributed by atoms with E-state index in [2.05, 4.69) is 35.9 Å². The zero-order valence-corrected chi connectivity index (χ0v) is 16.4. The van der Waals surface area contributed by atoms with Crippen LogP contribution in [-0.2, 0) is 4.74 Å². The zero-order chi connectivity index (χ0) is 19.1. The minimum atomic E-state index is -0.422. The van der Waals surface area contributed by atoms with Crippen LogP contribution < -0.4 is 0 Å². The molecule has 2 aliphatic rings. The summed E-state index contributed by atoms with van der Waals surface area (Å²) in [5.41, 5.74) is 5.18.